The second-order valence-corrected chi connectivity index (χ2v) is 15.3. The van der Waals surface area contributed by atoms with Gasteiger partial charge in [0.1, 0.15) is 30.2 Å². The average molecular weight is 729 g/mol. The number of nitrogens with zero attached hydrogens (tertiary/aromatic N) is 5. The second-order valence-electron chi connectivity index (χ2n) is 15.3. The van der Waals surface area contributed by atoms with E-state index in [1.165, 1.54) is 12.1 Å². The molecule has 1 unspecified atom stereocenters. The van der Waals surface area contributed by atoms with Crippen molar-refractivity contribution < 1.29 is 28.2 Å². The summed E-state index contributed by atoms with van der Waals surface area (Å²) in [7, 11) is 0. The topological polar surface area (TPSA) is 103 Å². The Morgan fingerprint density at radius 3 is 2.75 bits per heavy atom. The van der Waals surface area contributed by atoms with Gasteiger partial charge in [0, 0.05) is 80.6 Å². The summed E-state index contributed by atoms with van der Waals surface area (Å²) < 4.78 is 42.7. The minimum Gasteiger partial charge on any atom is -0.508 e. The number of terminal acetylenes is 1. The quantitative estimate of drug-likeness (QED) is 0.213. The Kier molecular flexibility index (Phi) is 10.8. The van der Waals surface area contributed by atoms with Gasteiger partial charge >= 0.3 is 6.01 Å². The molecule has 282 valence electrons. The molecule has 53 heavy (non-hydrogen) atoms. The van der Waals surface area contributed by atoms with E-state index in [4.69, 9.17) is 25.9 Å². The van der Waals surface area contributed by atoms with E-state index in [-0.39, 0.29) is 47.8 Å². The number of carbonyl (C=O) groups excluding carboxylic acids is 1. The fraction of sp³-hybridized carbons (Fsp3) is 0.537. The van der Waals surface area contributed by atoms with Gasteiger partial charge in [0.25, 0.3) is 0 Å². The molecule has 4 aliphatic rings. The smallest absolute Gasteiger partial charge is 0.318 e. The number of likely N-dealkylation sites (tertiary alicyclic amines) is 1. The second kappa shape index (κ2) is 15.5. The van der Waals surface area contributed by atoms with Crippen molar-refractivity contribution in [3.05, 3.63) is 59.6 Å². The predicted octanol–water partition coefficient (Wildman–Crippen LogP) is 5.68. The standard InChI is InChI=1S/C41H50F2N6O4/c1-5-32-34(43)11-10-27-19-31(50)20-36(38(27)32)47-16-12-33-35(24-47)45-40(46-39(33)48-15-8-7-9-29(23-48)44-37(51)6-2)53-25-41(26(3)4)21-28(42)22-49(41)30-13-17-52-18-14-30/h1,6,10-11,19-20,26,28-30,50H,2,7-9,12-18,21-25H2,3-4H3,(H,44,51)/t28-,29?,41+/m1/s1. The first-order valence-corrected chi connectivity index (χ1v) is 19.0. The highest BCUT2D eigenvalue weighted by Gasteiger charge is 2.51. The fourth-order valence-electron chi connectivity index (χ4n) is 8.96. The normalized spacial score (nSPS) is 24.2. The van der Waals surface area contributed by atoms with Crippen LogP contribution >= 0.6 is 0 Å². The summed E-state index contributed by atoms with van der Waals surface area (Å²) >= 11 is 0. The zero-order valence-corrected chi connectivity index (χ0v) is 30.8. The maximum atomic E-state index is 15.4. The number of hydrogen-bond acceptors (Lipinski definition) is 9. The molecule has 0 radical (unpaired) electrons. The van der Waals surface area contributed by atoms with Crippen LogP contribution in [0.2, 0.25) is 0 Å². The summed E-state index contributed by atoms with van der Waals surface area (Å²) in [4.78, 5) is 29.1. The van der Waals surface area contributed by atoms with Crippen molar-refractivity contribution >= 4 is 28.2 Å². The van der Waals surface area contributed by atoms with Crippen LogP contribution in [0.1, 0.15) is 69.2 Å². The van der Waals surface area contributed by atoms with Crippen molar-refractivity contribution in [2.45, 2.75) is 89.1 Å². The number of carbonyl (C=O) groups is 1. The van der Waals surface area contributed by atoms with Crippen LogP contribution in [-0.4, -0.2) is 95.7 Å². The molecule has 3 aromatic rings. The van der Waals surface area contributed by atoms with E-state index >= 15 is 8.78 Å². The Morgan fingerprint density at radius 2 is 2.00 bits per heavy atom. The number of phenolic OH excluding ortho intramolecular Hbond substituents is 1. The largest absolute Gasteiger partial charge is 0.508 e. The number of benzene rings is 2. The molecule has 7 rings (SSSR count). The molecule has 2 N–H and O–H groups in total. The van der Waals surface area contributed by atoms with Crippen LogP contribution in [0, 0.1) is 24.1 Å². The van der Waals surface area contributed by atoms with Gasteiger partial charge in [-0.1, -0.05) is 32.4 Å². The molecule has 0 aliphatic carbocycles. The van der Waals surface area contributed by atoms with Gasteiger partial charge in [-0.25, -0.2) is 8.78 Å². The van der Waals surface area contributed by atoms with Crippen LogP contribution < -0.4 is 19.9 Å². The lowest BCUT2D eigenvalue weighted by atomic mass is 9.83. The number of nitrogens with one attached hydrogen (secondary N) is 1. The highest BCUT2D eigenvalue weighted by molar-refractivity contribution is 6.00. The number of halogens is 2. The zero-order chi connectivity index (χ0) is 37.3. The molecule has 4 aliphatic heterocycles. The predicted molar refractivity (Wildman–Crippen MR) is 202 cm³/mol. The highest BCUT2D eigenvalue weighted by atomic mass is 19.1. The molecule has 5 heterocycles. The van der Waals surface area contributed by atoms with Crippen LogP contribution in [0.4, 0.5) is 20.3 Å². The molecule has 10 nitrogen and oxygen atoms in total. The van der Waals surface area contributed by atoms with Crippen molar-refractivity contribution in [2.24, 2.45) is 5.92 Å². The molecule has 12 heteroatoms. The first-order valence-electron chi connectivity index (χ1n) is 19.0. The number of ether oxygens (including phenoxy) is 2. The average Bonchev–Trinajstić information content (AvgIpc) is 3.34. The SMILES string of the molecule is C#Cc1c(F)ccc2cc(O)cc(N3CCc4c(nc(OC[C@]5(C(C)C)C[C@@H](F)CN5C5CCOCC5)nc4N4CCCCC(NC(=O)C=C)C4)C3)c12. The molecule has 0 saturated carbocycles. The minimum absolute atomic E-state index is 0.0493. The summed E-state index contributed by atoms with van der Waals surface area (Å²) in [5.74, 6) is 2.72. The van der Waals surface area contributed by atoms with E-state index in [9.17, 15) is 9.90 Å². The molecule has 2 aromatic carbocycles. The van der Waals surface area contributed by atoms with Crippen LogP contribution in [0.5, 0.6) is 11.8 Å². The number of amides is 1. The lowest BCUT2D eigenvalue weighted by Crippen LogP contribution is -2.57. The van der Waals surface area contributed by atoms with Gasteiger partial charge in [0.2, 0.25) is 5.91 Å². The van der Waals surface area contributed by atoms with Crippen molar-refractivity contribution in [3.63, 3.8) is 0 Å². The molecular formula is C41H50F2N6O4. The van der Waals surface area contributed by atoms with Crippen molar-refractivity contribution in [3.8, 4) is 24.1 Å². The number of hydrogen-bond donors (Lipinski definition) is 2. The molecule has 3 atom stereocenters. The highest BCUT2D eigenvalue weighted by Crippen LogP contribution is 2.42. The van der Waals surface area contributed by atoms with Crippen molar-refractivity contribution in [2.75, 3.05) is 55.8 Å². The van der Waals surface area contributed by atoms with E-state index in [0.717, 1.165) is 55.7 Å². The molecule has 1 aromatic heterocycles. The molecule has 0 bridgehead atoms. The number of aromatic hydroxyl groups is 1. The lowest BCUT2D eigenvalue weighted by molar-refractivity contribution is -0.117. The molecule has 1 amide bonds. The Morgan fingerprint density at radius 1 is 1.19 bits per heavy atom. The summed E-state index contributed by atoms with van der Waals surface area (Å²) in [6.07, 6.45) is 11.5. The van der Waals surface area contributed by atoms with E-state index in [0.29, 0.717) is 68.7 Å². The van der Waals surface area contributed by atoms with Gasteiger partial charge in [-0.2, -0.15) is 9.97 Å². The summed E-state index contributed by atoms with van der Waals surface area (Å²) in [6, 6.07) is 6.48. The van der Waals surface area contributed by atoms with E-state index < -0.39 is 17.5 Å². The van der Waals surface area contributed by atoms with Crippen molar-refractivity contribution in [1.82, 2.24) is 20.2 Å². The molecule has 3 saturated heterocycles. The Balaban J connectivity index is 1.27. The molecule has 3 fully saturated rings. The Labute approximate surface area is 310 Å². The fourth-order valence-corrected chi connectivity index (χ4v) is 8.96. The third-order valence-corrected chi connectivity index (χ3v) is 11.7. The number of fused-ring (bicyclic) bond motifs is 2. The van der Waals surface area contributed by atoms with Crippen LogP contribution in [0.3, 0.4) is 0 Å². The van der Waals surface area contributed by atoms with Crippen LogP contribution in [-0.2, 0) is 22.5 Å². The monoisotopic (exact) mass is 728 g/mol. The van der Waals surface area contributed by atoms with Crippen LogP contribution in [0.25, 0.3) is 10.8 Å². The first kappa shape index (κ1) is 36.9. The third kappa shape index (κ3) is 7.38. The van der Waals surface area contributed by atoms with E-state index in [1.54, 1.807) is 18.2 Å². The van der Waals surface area contributed by atoms with Gasteiger partial charge in [-0.3, -0.25) is 9.69 Å². The number of rotatable bonds is 9. The van der Waals surface area contributed by atoms with Gasteiger partial charge in [-0.05, 0) is 68.0 Å². The minimum atomic E-state index is -0.966. The van der Waals surface area contributed by atoms with Gasteiger partial charge in [0.05, 0.1) is 23.3 Å². The van der Waals surface area contributed by atoms with E-state index in [1.807, 2.05) is 0 Å². The third-order valence-electron chi connectivity index (χ3n) is 11.7. The Hall–Kier alpha value is -4.47. The molecular weight excluding hydrogens is 678 g/mol. The zero-order valence-electron chi connectivity index (χ0n) is 30.8. The van der Waals surface area contributed by atoms with Crippen molar-refractivity contribution in [1.29, 1.82) is 0 Å². The Bertz CT molecular complexity index is 1890. The first-order chi connectivity index (χ1) is 25.6. The molecule has 0 spiro atoms. The van der Waals surface area contributed by atoms with Gasteiger partial charge in [-0.15, -0.1) is 6.42 Å². The maximum absolute atomic E-state index is 15.4. The van der Waals surface area contributed by atoms with Gasteiger partial charge < -0.3 is 29.7 Å². The number of alkyl halides is 1. The number of aromatic nitrogens is 2. The number of phenols is 1. The number of anilines is 2. The van der Waals surface area contributed by atoms with E-state index in [2.05, 4.69) is 46.4 Å². The van der Waals surface area contributed by atoms with Gasteiger partial charge in [0.15, 0.2) is 0 Å². The maximum Gasteiger partial charge on any atom is 0.318 e. The summed E-state index contributed by atoms with van der Waals surface area (Å²) in [5, 5.41) is 15.0. The summed E-state index contributed by atoms with van der Waals surface area (Å²) in [6.45, 7) is 12.0. The van der Waals surface area contributed by atoms with Crippen LogP contribution in [0.15, 0.2) is 36.9 Å². The lowest BCUT2D eigenvalue weighted by Gasteiger charge is -2.46. The summed E-state index contributed by atoms with van der Waals surface area (Å²) in [5.41, 5.74) is 1.93.